The van der Waals surface area contributed by atoms with Crippen LogP contribution in [-0.4, -0.2) is 50.6 Å². The SMILES string of the molecule is COc1cc(Cl)c(OC)c2c(O)c(-c3c(COC(C)=O)cc4c(OC)cc(Cl)c(OC)c4c3O)c(COC(C)=O)cc12. The lowest BCUT2D eigenvalue weighted by Crippen LogP contribution is -2.06. The number of ether oxygens (including phenoxy) is 6. The molecule has 2 N–H and O–H groups in total. The summed E-state index contributed by atoms with van der Waals surface area (Å²) in [6.45, 7) is 1.87. The predicted octanol–water partition coefficient (Wildman–Crippen LogP) is 6.54. The lowest BCUT2D eigenvalue weighted by Gasteiger charge is -2.23. The zero-order chi connectivity index (χ0) is 30.9. The van der Waals surface area contributed by atoms with Crippen LogP contribution in [-0.2, 0) is 32.3 Å². The van der Waals surface area contributed by atoms with Crippen LogP contribution in [0, 0.1) is 0 Å². The summed E-state index contributed by atoms with van der Waals surface area (Å²) in [5, 5.41) is 25.3. The van der Waals surface area contributed by atoms with Gasteiger partial charge in [-0.1, -0.05) is 23.2 Å². The summed E-state index contributed by atoms with van der Waals surface area (Å²) in [5.41, 5.74) is 0.664. The molecule has 0 amide bonds. The highest BCUT2D eigenvalue weighted by molar-refractivity contribution is 6.34. The molecule has 0 saturated carbocycles. The van der Waals surface area contributed by atoms with Crippen molar-refractivity contribution < 1.29 is 48.2 Å². The number of phenols is 2. The summed E-state index contributed by atoms with van der Waals surface area (Å²) in [6.07, 6.45) is 0. The second-order valence-electron chi connectivity index (χ2n) is 9.11. The maximum absolute atomic E-state index is 12.0. The number of rotatable bonds is 9. The number of carbonyl (C=O) groups is 2. The molecule has 10 nitrogen and oxygen atoms in total. The van der Waals surface area contributed by atoms with E-state index in [2.05, 4.69) is 0 Å². The third-order valence-corrected chi connectivity index (χ3v) is 7.22. The minimum absolute atomic E-state index is 0.0499. The molecule has 0 aliphatic heterocycles. The molecule has 0 saturated heterocycles. The monoisotopic (exact) mass is 618 g/mol. The van der Waals surface area contributed by atoms with Gasteiger partial charge in [-0.2, -0.15) is 0 Å². The molecule has 0 aromatic heterocycles. The van der Waals surface area contributed by atoms with Crippen LogP contribution in [0.4, 0.5) is 0 Å². The number of halogens is 2. The minimum atomic E-state index is -0.581. The van der Waals surface area contributed by atoms with Crippen LogP contribution in [0.3, 0.4) is 0 Å². The second-order valence-corrected chi connectivity index (χ2v) is 9.93. The molecule has 0 unspecified atom stereocenters. The molecule has 0 fully saturated rings. The smallest absolute Gasteiger partial charge is 0.302 e. The Morgan fingerprint density at radius 2 is 1.00 bits per heavy atom. The lowest BCUT2D eigenvalue weighted by molar-refractivity contribution is -0.143. The first-order valence-electron chi connectivity index (χ1n) is 12.4. The number of phenolic OH excluding ortho intramolecular Hbond substituents is 2. The van der Waals surface area contributed by atoms with Crippen LogP contribution in [0.25, 0.3) is 32.7 Å². The number of carbonyl (C=O) groups excluding carboxylic acids is 2. The van der Waals surface area contributed by atoms with Crippen molar-refractivity contribution in [3.63, 3.8) is 0 Å². The molecule has 4 rings (SSSR count). The Bertz CT molecular complexity index is 1610. The summed E-state index contributed by atoms with van der Waals surface area (Å²) in [6, 6.07) is 6.30. The van der Waals surface area contributed by atoms with Crippen molar-refractivity contribution in [2.45, 2.75) is 27.1 Å². The fourth-order valence-corrected chi connectivity index (χ4v) is 5.47. The number of benzene rings is 4. The fourth-order valence-electron chi connectivity index (χ4n) is 4.93. The normalized spacial score (nSPS) is 11.0. The van der Waals surface area contributed by atoms with E-state index in [9.17, 15) is 19.8 Å². The largest absolute Gasteiger partial charge is 0.506 e. The van der Waals surface area contributed by atoms with Crippen molar-refractivity contribution in [2.24, 2.45) is 0 Å². The van der Waals surface area contributed by atoms with E-state index in [1.165, 1.54) is 54.4 Å². The first-order valence-corrected chi connectivity index (χ1v) is 13.2. The maximum Gasteiger partial charge on any atom is 0.302 e. The van der Waals surface area contributed by atoms with Crippen LogP contribution in [0.1, 0.15) is 25.0 Å². The summed E-state index contributed by atoms with van der Waals surface area (Å²) in [5.74, 6) is -1.03. The molecule has 0 spiro atoms. The molecule has 0 heterocycles. The molecule has 4 aromatic rings. The Hall–Kier alpha value is -4.28. The molecule has 222 valence electrons. The second kappa shape index (κ2) is 12.3. The van der Waals surface area contributed by atoms with Crippen LogP contribution < -0.4 is 18.9 Å². The Morgan fingerprint density at radius 3 is 1.29 bits per heavy atom. The van der Waals surface area contributed by atoms with E-state index >= 15 is 0 Å². The third-order valence-electron chi connectivity index (χ3n) is 6.66. The van der Waals surface area contributed by atoms with E-state index in [1.54, 1.807) is 12.1 Å². The zero-order valence-electron chi connectivity index (χ0n) is 23.6. The van der Waals surface area contributed by atoms with Gasteiger partial charge in [-0.05, 0) is 12.1 Å². The van der Waals surface area contributed by atoms with E-state index in [-0.39, 0.29) is 79.3 Å². The van der Waals surface area contributed by atoms with Gasteiger partial charge in [0.05, 0.1) is 49.3 Å². The molecule has 4 aromatic carbocycles. The number of methoxy groups -OCH3 is 4. The Kier molecular flexibility index (Phi) is 8.98. The molecule has 0 atom stereocenters. The van der Waals surface area contributed by atoms with Crippen molar-refractivity contribution in [1.29, 1.82) is 0 Å². The molecule has 0 aliphatic rings. The van der Waals surface area contributed by atoms with E-state index in [1.807, 2.05) is 0 Å². The number of esters is 2. The highest BCUT2D eigenvalue weighted by Gasteiger charge is 2.29. The van der Waals surface area contributed by atoms with Crippen molar-refractivity contribution in [1.82, 2.24) is 0 Å². The Balaban J connectivity index is 2.27. The summed E-state index contributed by atoms with van der Waals surface area (Å²) in [4.78, 5) is 23.7. The zero-order valence-corrected chi connectivity index (χ0v) is 25.2. The van der Waals surface area contributed by atoms with E-state index in [4.69, 9.17) is 51.6 Å². The number of hydrogen-bond donors (Lipinski definition) is 2. The van der Waals surface area contributed by atoms with Gasteiger partial charge in [0.2, 0.25) is 0 Å². The third kappa shape index (κ3) is 5.35. The van der Waals surface area contributed by atoms with Gasteiger partial charge >= 0.3 is 11.9 Å². The maximum atomic E-state index is 12.0. The number of aromatic hydroxyl groups is 2. The molecule has 0 aliphatic carbocycles. The molecular formula is C30H28Cl2O10. The van der Waals surface area contributed by atoms with Gasteiger partial charge in [-0.3, -0.25) is 9.59 Å². The van der Waals surface area contributed by atoms with Crippen molar-refractivity contribution in [3.05, 3.63) is 45.4 Å². The highest BCUT2D eigenvalue weighted by Crippen LogP contribution is 2.54. The Morgan fingerprint density at radius 1 is 0.643 bits per heavy atom. The van der Waals surface area contributed by atoms with Gasteiger partial charge in [-0.15, -0.1) is 0 Å². The first-order chi connectivity index (χ1) is 20.0. The first kappa shape index (κ1) is 30.7. The average Bonchev–Trinajstić information content (AvgIpc) is 2.95. The lowest BCUT2D eigenvalue weighted by atomic mass is 9.88. The van der Waals surface area contributed by atoms with Crippen molar-refractivity contribution in [2.75, 3.05) is 28.4 Å². The van der Waals surface area contributed by atoms with E-state index < -0.39 is 11.9 Å². The van der Waals surface area contributed by atoms with Gasteiger partial charge in [0.1, 0.15) is 47.7 Å². The topological polar surface area (TPSA) is 130 Å². The van der Waals surface area contributed by atoms with Gasteiger partial charge in [0.25, 0.3) is 0 Å². The summed E-state index contributed by atoms with van der Waals surface area (Å²) in [7, 11) is 5.64. The quantitative estimate of drug-likeness (QED) is 0.199. The van der Waals surface area contributed by atoms with Crippen molar-refractivity contribution >= 4 is 56.7 Å². The predicted molar refractivity (Wildman–Crippen MR) is 157 cm³/mol. The highest BCUT2D eigenvalue weighted by atomic mass is 35.5. The summed E-state index contributed by atoms with van der Waals surface area (Å²) >= 11 is 13.0. The van der Waals surface area contributed by atoms with Crippen LogP contribution in [0.15, 0.2) is 24.3 Å². The minimum Gasteiger partial charge on any atom is -0.506 e. The number of fused-ring (bicyclic) bond motifs is 2. The Labute approximate surface area is 251 Å². The fraction of sp³-hybridized carbons (Fsp3) is 0.267. The van der Waals surface area contributed by atoms with Crippen LogP contribution in [0.2, 0.25) is 10.0 Å². The van der Waals surface area contributed by atoms with Gasteiger partial charge in [0, 0.05) is 59.0 Å². The molecule has 0 bridgehead atoms. The molecule has 12 heteroatoms. The molecule has 42 heavy (non-hydrogen) atoms. The van der Waals surface area contributed by atoms with Crippen LogP contribution >= 0.6 is 23.2 Å². The van der Waals surface area contributed by atoms with Gasteiger partial charge in [-0.25, -0.2) is 0 Å². The van der Waals surface area contributed by atoms with Crippen molar-refractivity contribution in [3.8, 4) is 45.6 Å². The van der Waals surface area contributed by atoms with E-state index in [0.717, 1.165) is 0 Å². The summed E-state index contributed by atoms with van der Waals surface area (Å²) < 4.78 is 32.8. The van der Waals surface area contributed by atoms with Gasteiger partial charge in [0.15, 0.2) is 0 Å². The molecular weight excluding hydrogens is 591 g/mol. The van der Waals surface area contributed by atoms with Crippen LogP contribution in [0.5, 0.6) is 34.5 Å². The average molecular weight is 619 g/mol. The van der Waals surface area contributed by atoms with E-state index in [0.29, 0.717) is 22.3 Å². The standard InChI is InChI=1S/C30H28Cl2O10/c1-13(33)41-11-15-7-17-21(37-3)9-19(31)29(39-5)25(17)27(35)23(15)24-16(12-42-14(2)34)8-18-22(38-4)10-20(32)30(40-6)26(18)28(24)36/h7-10,35-36H,11-12H2,1-6H3. The van der Waals surface area contributed by atoms with Gasteiger partial charge < -0.3 is 38.6 Å². The molecule has 0 radical (unpaired) electrons. The number of hydrogen-bond acceptors (Lipinski definition) is 10.